The molecule has 200 valence electrons. The summed E-state index contributed by atoms with van der Waals surface area (Å²) in [7, 11) is 6.08. The highest BCUT2D eigenvalue weighted by Gasteiger charge is 2.30. The lowest BCUT2D eigenvalue weighted by Gasteiger charge is -2.34. The van der Waals surface area contributed by atoms with Crippen LogP contribution in [0.1, 0.15) is 36.2 Å². The molecular formula is C27H35N9O2. The molecule has 2 saturated heterocycles. The molecule has 3 aromatic heterocycles. The van der Waals surface area contributed by atoms with E-state index < -0.39 is 0 Å². The molecule has 4 aromatic rings. The van der Waals surface area contributed by atoms with Crippen molar-refractivity contribution in [1.82, 2.24) is 38.9 Å². The molecule has 0 radical (unpaired) electrons. The first-order valence-corrected chi connectivity index (χ1v) is 13.5. The van der Waals surface area contributed by atoms with Crippen LogP contribution in [0.3, 0.4) is 0 Å². The van der Waals surface area contributed by atoms with Gasteiger partial charge in [-0.15, -0.1) is 0 Å². The van der Waals surface area contributed by atoms with E-state index in [-0.39, 0.29) is 5.91 Å². The molecule has 0 N–H and O–H groups in total. The van der Waals surface area contributed by atoms with E-state index in [9.17, 15) is 4.79 Å². The van der Waals surface area contributed by atoms with Crippen molar-refractivity contribution < 1.29 is 9.53 Å². The van der Waals surface area contributed by atoms with Gasteiger partial charge < -0.3 is 24.0 Å². The maximum Gasteiger partial charge on any atom is 0.289 e. The van der Waals surface area contributed by atoms with Gasteiger partial charge in [0.2, 0.25) is 11.8 Å². The largest absolute Gasteiger partial charge is 0.378 e. The number of imidazole rings is 2. The maximum absolute atomic E-state index is 13.7. The van der Waals surface area contributed by atoms with Crippen LogP contribution in [0.15, 0.2) is 24.3 Å². The van der Waals surface area contributed by atoms with Crippen molar-refractivity contribution in [2.45, 2.75) is 32.2 Å². The number of carbonyl (C=O) groups is 1. The molecule has 2 aliphatic rings. The topological polar surface area (TPSA) is 97.4 Å². The number of anilines is 1. The Morgan fingerprint density at radius 2 is 1.76 bits per heavy atom. The number of amides is 1. The van der Waals surface area contributed by atoms with Gasteiger partial charge in [0.05, 0.1) is 24.2 Å². The van der Waals surface area contributed by atoms with E-state index in [0.717, 1.165) is 55.0 Å². The Bertz CT molecular complexity index is 1480. The Morgan fingerprint density at radius 1 is 1.03 bits per heavy atom. The normalized spacial score (nSPS) is 17.3. The quantitative estimate of drug-likeness (QED) is 0.398. The van der Waals surface area contributed by atoms with Crippen LogP contribution in [0.5, 0.6) is 0 Å². The van der Waals surface area contributed by atoms with Crippen molar-refractivity contribution >= 4 is 33.9 Å². The summed E-state index contributed by atoms with van der Waals surface area (Å²) < 4.78 is 9.47. The van der Waals surface area contributed by atoms with Gasteiger partial charge >= 0.3 is 0 Å². The van der Waals surface area contributed by atoms with E-state index in [2.05, 4.69) is 30.8 Å². The van der Waals surface area contributed by atoms with Crippen LogP contribution in [-0.2, 0) is 18.2 Å². The number of morpholine rings is 1. The molecule has 1 aromatic carbocycles. The number of piperidine rings is 1. The molecule has 11 heteroatoms. The van der Waals surface area contributed by atoms with Crippen molar-refractivity contribution in [3.8, 4) is 5.95 Å². The van der Waals surface area contributed by atoms with Crippen molar-refractivity contribution in [3.63, 3.8) is 0 Å². The summed E-state index contributed by atoms with van der Waals surface area (Å²) in [6, 6.07) is 8.54. The number of fused-ring (bicyclic) bond motifs is 2. The average molecular weight is 518 g/mol. The van der Waals surface area contributed by atoms with Gasteiger partial charge in [-0.05, 0) is 39.1 Å². The summed E-state index contributed by atoms with van der Waals surface area (Å²) in [5.41, 5.74) is 3.15. The Morgan fingerprint density at radius 3 is 2.47 bits per heavy atom. The second-order valence-corrected chi connectivity index (χ2v) is 10.3. The lowest BCUT2D eigenvalue weighted by atomic mass is 10.0. The van der Waals surface area contributed by atoms with Gasteiger partial charge in [-0.2, -0.15) is 9.97 Å². The summed E-state index contributed by atoms with van der Waals surface area (Å²) in [5, 5.41) is 0. The van der Waals surface area contributed by atoms with Crippen LogP contribution < -0.4 is 4.90 Å². The molecule has 2 aliphatic heterocycles. The van der Waals surface area contributed by atoms with Crippen molar-refractivity contribution in [2.24, 2.45) is 7.05 Å². The number of aromatic nitrogens is 6. The monoisotopic (exact) mass is 517 g/mol. The van der Waals surface area contributed by atoms with Crippen molar-refractivity contribution in [1.29, 1.82) is 0 Å². The first-order chi connectivity index (χ1) is 18.5. The van der Waals surface area contributed by atoms with Crippen LogP contribution in [-0.4, -0.2) is 104 Å². The molecule has 6 rings (SSSR count). The van der Waals surface area contributed by atoms with Crippen molar-refractivity contribution in [3.05, 3.63) is 35.9 Å². The molecule has 38 heavy (non-hydrogen) atoms. The number of benzene rings is 1. The molecule has 2 fully saturated rings. The minimum absolute atomic E-state index is 0.0560. The standard InChI is InChI=1S/C27H35N9O2/c1-5-21-28-19-8-6-7-9-20(19)36(21)27-30-23-22(24(31-27)34-14-16-38-17-15-34)29-25(33(23)4)26(37)35-12-10-18(11-13-35)32(2)3/h6-9,18H,5,10-17H2,1-4H3. The van der Waals surface area contributed by atoms with E-state index in [4.69, 9.17) is 24.7 Å². The van der Waals surface area contributed by atoms with Gasteiger partial charge in [-0.1, -0.05) is 19.1 Å². The summed E-state index contributed by atoms with van der Waals surface area (Å²) in [4.78, 5) is 39.8. The highest BCUT2D eigenvalue weighted by molar-refractivity contribution is 5.96. The summed E-state index contributed by atoms with van der Waals surface area (Å²) in [6.07, 6.45) is 2.65. The molecule has 0 spiro atoms. The molecule has 0 bridgehead atoms. The SMILES string of the molecule is CCc1nc2ccccc2n1-c1nc(N2CCOCC2)c2nc(C(=O)N3CCC(N(C)C)CC3)n(C)c2n1. The van der Waals surface area contributed by atoms with E-state index in [1.54, 1.807) is 0 Å². The zero-order valence-electron chi connectivity index (χ0n) is 22.6. The fourth-order valence-electron chi connectivity index (χ4n) is 5.59. The molecule has 1 amide bonds. The lowest BCUT2D eigenvalue weighted by Crippen LogP contribution is -2.45. The van der Waals surface area contributed by atoms with Crippen LogP contribution in [0.2, 0.25) is 0 Å². The number of hydrogen-bond donors (Lipinski definition) is 0. The number of hydrogen-bond acceptors (Lipinski definition) is 8. The lowest BCUT2D eigenvalue weighted by molar-refractivity contribution is 0.0648. The van der Waals surface area contributed by atoms with Gasteiger partial charge in [0.25, 0.3) is 5.91 Å². The van der Waals surface area contributed by atoms with Crippen LogP contribution in [0.4, 0.5) is 5.82 Å². The van der Waals surface area contributed by atoms with Gasteiger partial charge in [-0.3, -0.25) is 9.36 Å². The molecule has 0 saturated carbocycles. The first kappa shape index (κ1) is 24.7. The molecule has 11 nitrogen and oxygen atoms in total. The van der Waals surface area contributed by atoms with Crippen molar-refractivity contribution in [2.75, 3.05) is 58.4 Å². The predicted molar refractivity (Wildman–Crippen MR) is 146 cm³/mol. The third-order valence-electron chi connectivity index (χ3n) is 7.82. The smallest absolute Gasteiger partial charge is 0.289 e. The zero-order chi connectivity index (χ0) is 26.4. The first-order valence-electron chi connectivity index (χ1n) is 13.5. The Hall–Kier alpha value is -3.57. The van der Waals surface area contributed by atoms with Gasteiger partial charge in [0.1, 0.15) is 5.82 Å². The third-order valence-corrected chi connectivity index (χ3v) is 7.82. The second kappa shape index (κ2) is 9.95. The average Bonchev–Trinajstić information content (AvgIpc) is 3.50. The molecular weight excluding hydrogens is 482 g/mol. The second-order valence-electron chi connectivity index (χ2n) is 10.3. The number of para-hydroxylation sites is 2. The summed E-state index contributed by atoms with van der Waals surface area (Å²) in [6.45, 7) is 6.17. The fraction of sp³-hybridized carbons (Fsp3) is 0.519. The van der Waals surface area contributed by atoms with E-state index in [0.29, 0.717) is 55.3 Å². The predicted octanol–water partition coefficient (Wildman–Crippen LogP) is 2.27. The van der Waals surface area contributed by atoms with E-state index in [1.807, 2.05) is 45.3 Å². The number of ether oxygens (including phenoxy) is 1. The summed E-state index contributed by atoms with van der Waals surface area (Å²) >= 11 is 0. The van der Waals surface area contributed by atoms with Crippen LogP contribution in [0, 0.1) is 0 Å². The fourth-order valence-corrected chi connectivity index (χ4v) is 5.59. The molecule has 0 unspecified atom stereocenters. The molecule has 5 heterocycles. The summed E-state index contributed by atoms with van der Waals surface area (Å²) in [5.74, 6) is 2.50. The number of aryl methyl sites for hydroxylation is 2. The number of rotatable bonds is 5. The van der Waals surface area contributed by atoms with Crippen LogP contribution >= 0.6 is 0 Å². The number of carbonyl (C=O) groups excluding carboxylic acids is 1. The zero-order valence-corrected chi connectivity index (χ0v) is 22.6. The van der Waals surface area contributed by atoms with E-state index in [1.165, 1.54) is 0 Å². The highest BCUT2D eigenvalue weighted by atomic mass is 16.5. The minimum Gasteiger partial charge on any atom is -0.378 e. The van der Waals surface area contributed by atoms with Gasteiger partial charge in [0.15, 0.2) is 17.0 Å². The van der Waals surface area contributed by atoms with Gasteiger partial charge in [-0.25, -0.2) is 9.97 Å². The van der Waals surface area contributed by atoms with Gasteiger partial charge in [0, 0.05) is 45.7 Å². The Kier molecular flexibility index (Phi) is 6.48. The van der Waals surface area contributed by atoms with E-state index >= 15 is 0 Å². The number of likely N-dealkylation sites (tertiary alicyclic amines) is 1. The number of nitrogens with zero attached hydrogens (tertiary/aromatic N) is 9. The minimum atomic E-state index is -0.0560. The molecule has 0 aliphatic carbocycles. The molecule has 0 atom stereocenters. The highest BCUT2D eigenvalue weighted by Crippen LogP contribution is 2.29. The van der Waals surface area contributed by atoms with Crippen LogP contribution in [0.25, 0.3) is 28.1 Å². The third kappa shape index (κ3) is 4.19. The Balaban J connectivity index is 1.47. The Labute approximate surface area is 222 Å². The maximum atomic E-state index is 13.7.